The van der Waals surface area contributed by atoms with Crippen LogP contribution in [0.25, 0.3) is 0 Å². The molecule has 6 N–H and O–H groups in total. The normalized spacial score (nSPS) is 16.4. The highest BCUT2D eigenvalue weighted by molar-refractivity contribution is 5.98. The van der Waals surface area contributed by atoms with E-state index in [0.29, 0.717) is 22.9 Å². The van der Waals surface area contributed by atoms with Crippen LogP contribution in [0.15, 0.2) is 17.1 Å². The molecule has 0 saturated carbocycles. The molecule has 10 nitrogen and oxygen atoms in total. The Labute approximate surface area is 154 Å². The van der Waals surface area contributed by atoms with Crippen LogP contribution >= 0.6 is 0 Å². The number of aromatic nitrogens is 1. The van der Waals surface area contributed by atoms with Crippen molar-refractivity contribution in [1.82, 2.24) is 10.3 Å². The van der Waals surface area contributed by atoms with Crippen molar-refractivity contribution in [2.75, 3.05) is 23.6 Å². The largest absolute Gasteiger partial charge is 0.454 e. The molecule has 0 saturated heterocycles. The SMILES string of the molecule is Cc1cc2c(cc1C1N=C(NC#N)Nc3nc(N)c(C#N)c(N)c31)OCO2. The Morgan fingerprint density at radius 2 is 2.00 bits per heavy atom. The van der Waals surface area contributed by atoms with E-state index in [0.717, 1.165) is 11.1 Å². The third kappa shape index (κ3) is 2.48. The quantitative estimate of drug-likeness (QED) is 0.429. The first-order valence-electron chi connectivity index (χ1n) is 7.92. The smallest absolute Gasteiger partial charge is 0.231 e. The Hall–Kier alpha value is -4.18. The minimum absolute atomic E-state index is 0.000571. The van der Waals surface area contributed by atoms with E-state index < -0.39 is 6.04 Å². The molecule has 0 bridgehead atoms. The molecule has 0 fully saturated rings. The number of hydrogen-bond acceptors (Lipinski definition) is 10. The Morgan fingerprint density at radius 3 is 2.70 bits per heavy atom. The van der Waals surface area contributed by atoms with Crippen LogP contribution in [-0.2, 0) is 0 Å². The van der Waals surface area contributed by atoms with Gasteiger partial charge in [0.2, 0.25) is 12.8 Å². The second-order valence-electron chi connectivity index (χ2n) is 5.96. The number of nitrogens with one attached hydrogen (secondary N) is 2. The molecule has 2 aromatic rings. The molecule has 0 aliphatic carbocycles. The van der Waals surface area contributed by atoms with Crippen molar-refractivity contribution < 1.29 is 9.47 Å². The van der Waals surface area contributed by atoms with Crippen LogP contribution in [0.5, 0.6) is 11.5 Å². The maximum absolute atomic E-state index is 9.38. The lowest BCUT2D eigenvalue weighted by molar-refractivity contribution is 0.174. The van der Waals surface area contributed by atoms with E-state index >= 15 is 0 Å². The summed E-state index contributed by atoms with van der Waals surface area (Å²) in [4.78, 5) is 8.77. The summed E-state index contributed by atoms with van der Waals surface area (Å²) >= 11 is 0. The molecule has 4 rings (SSSR count). The molecule has 1 atom stereocenters. The zero-order chi connectivity index (χ0) is 19.1. The minimum Gasteiger partial charge on any atom is -0.454 e. The summed E-state index contributed by atoms with van der Waals surface area (Å²) in [5.74, 6) is 1.76. The number of benzene rings is 1. The van der Waals surface area contributed by atoms with Gasteiger partial charge in [-0.05, 0) is 30.2 Å². The van der Waals surface area contributed by atoms with E-state index in [9.17, 15) is 5.26 Å². The van der Waals surface area contributed by atoms with Gasteiger partial charge in [0.05, 0.1) is 5.69 Å². The van der Waals surface area contributed by atoms with Crippen molar-refractivity contribution in [3.63, 3.8) is 0 Å². The standard InChI is InChI=1S/C17H14N8O2/c1-7-2-10-11(27-6-26-10)3-8(7)14-12-13(20)9(4-18)15(21)24-16(12)25-17(23-14)22-5-19/h2-3,14H,6H2,1H3,(H6,20,21,22,23,24,25). The van der Waals surface area contributed by atoms with Gasteiger partial charge in [0.15, 0.2) is 17.7 Å². The van der Waals surface area contributed by atoms with Gasteiger partial charge in [0, 0.05) is 5.56 Å². The molecule has 2 aliphatic heterocycles. The number of ether oxygens (including phenoxy) is 2. The number of nitrogens with two attached hydrogens (primary N) is 2. The predicted octanol–water partition coefficient (Wildman–Crippen LogP) is 1.10. The maximum Gasteiger partial charge on any atom is 0.231 e. The van der Waals surface area contributed by atoms with E-state index in [1.807, 2.05) is 31.3 Å². The molecule has 27 heavy (non-hydrogen) atoms. The van der Waals surface area contributed by atoms with Gasteiger partial charge in [-0.3, -0.25) is 5.32 Å². The summed E-state index contributed by atoms with van der Waals surface area (Å²) in [6.45, 7) is 2.04. The van der Waals surface area contributed by atoms with Crippen LogP contribution in [-0.4, -0.2) is 17.7 Å². The Bertz CT molecular complexity index is 1080. The minimum atomic E-state index is -0.619. The third-order valence-corrected chi connectivity index (χ3v) is 4.41. The van der Waals surface area contributed by atoms with Gasteiger partial charge in [-0.15, -0.1) is 0 Å². The van der Waals surface area contributed by atoms with Gasteiger partial charge in [0.25, 0.3) is 0 Å². The first-order chi connectivity index (χ1) is 13.0. The molecule has 0 amide bonds. The number of aliphatic imine (C=N–C) groups is 1. The number of hydrogen-bond donors (Lipinski definition) is 4. The highest BCUT2D eigenvalue weighted by Crippen LogP contribution is 2.44. The number of nitriles is 2. The van der Waals surface area contributed by atoms with Crippen LogP contribution in [0.3, 0.4) is 0 Å². The van der Waals surface area contributed by atoms with Crippen molar-refractivity contribution in [1.29, 1.82) is 10.5 Å². The fourth-order valence-electron chi connectivity index (χ4n) is 3.16. The summed E-state index contributed by atoms with van der Waals surface area (Å²) in [5.41, 5.74) is 14.5. The second-order valence-corrected chi connectivity index (χ2v) is 5.96. The molecule has 1 aromatic heterocycles. The average molecular weight is 362 g/mol. The van der Waals surface area contributed by atoms with Gasteiger partial charge >= 0.3 is 0 Å². The van der Waals surface area contributed by atoms with Crippen molar-refractivity contribution in [3.8, 4) is 23.8 Å². The number of anilines is 3. The average Bonchev–Trinajstić information content (AvgIpc) is 3.08. The molecule has 10 heteroatoms. The molecule has 1 aromatic carbocycles. The first kappa shape index (κ1) is 16.3. The van der Waals surface area contributed by atoms with Gasteiger partial charge < -0.3 is 26.3 Å². The zero-order valence-electron chi connectivity index (χ0n) is 14.2. The van der Waals surface area contributed by atoms with Gasteiger partial charge in [-0.25, -0.2) is 9.98 Å². The Kier molecular flexibility index (Phi) is 3.60. The van der Waals surface area contributed by atoms with Crippen LogP contribution in [0.4, 0.5) is 17.3 Å². The number of fused-ring (bicyclic) bond motifs is 2. The number of rotatable bonds is 1. The van der Waals surface area contributed by atoms with Crippen molar-refractivity contribution in [3.05, 3.63) is 34.4 Å². The first-order valence-corrected chi connectivity index (χ1v) is 7.92. The lowest BCUT2D eigenvalue weighted by atomic mass is 9.92. The number of nitrogens with zero attached hydrogens (tertiary/aromatic N) is 4. The lowest BCUT2D eigenvalue weighted by Gasteiger charge is -2.27. The molecular weight excluding hydrogens is 348 g/mol. The van der Waals surface area contributed by atoms with Gasteiger partial charge in [-0.1, -0.05) is 0 Å². The van der Waals surface area contributed by atoms with Crippen molar-refractivity contribution in [2.24, 2.45) is 4.99 Å². The summed E-state index contributed by atoms with van der Waals surface area (Å²) in [6.07, 6.45) is 1.82. The Morgan fingerprint density at radius 1 is 1.26 bits per heavy atom. The molecule has 2 aliphatic rings. The zero-order valence-corrected chi connectivity index (χ0v) is 14.2. The topological polar surface area (TPSA) is 167 Å². The summed E-state index contributed by atoms with van der Waals surface area (Å²) < 4.78 is 10.9. The van der Waals surface area contributed by atoms with E-state index in [4.69, 9.17) is 26.2 Å². The van der Waals surface area contributed by atoms with E-state index in [2.05, 4.69) is 20.6 Å². The van der Waals surface area contributed by atoms with Gasteiger partial charge in [0.1, 0.15) is 29.3 Å². The van der Waals surface area contributed by atoms with E-state index in [1.54, 1.807) is 0 Å². The third-order valence-electron chi connectivity index (χ3n) is 4.41. The molecule has 3 heterocycles. The van der Waals surface area contributed by atoms with Crippen LogP contribution in [0.2, 0.25) is 0 Å². The van der Waals surface area contributed by atoms with E-state index in [-0.39, 0.29) is 29.8 Å². The van der Waals surface area contributed by atoms with Gasteiger partial charge in [-0.2, -0.15) is 10.5 Å². The van der Waals surface area contributed by atoms with Crippen molar-refractivity contribution in [2.45, 2.75) is 13.0 Å². The molecular formula is C17H14N8O2. The predicted molar refractivity (Wildman–Crippen MR) is 96.7 cm³/mol. The number of pyridine rings is 1. The second kappa shape index (κ2) is 5.97. The van der Waals surface area contributed by atoms with Crippen LogP contribution in [0.1, 0.15) is 28.3 Å². The monoisotopic (exact) mass is 362 g/mol. The Balaban J connectivity index is 1.96. The van der Waals surface area contributed by atoms with Crippen LogP contribution < -0.4 is 31.6 Å². The fraction of sp³-hybridized carbons (Fsp3) is 0.176. The molecule has 0 spiro atoms. The summed E-state index contributed by atoms with van der Waals surface area (Å²) in [6, 6.07) is 5.02. The molecule has 134 valence electrons. The molecule has 1 unspecified atom stereocenters. The fourth-order valence-corrected chi connectivity index (χ4v) is 3.16. The maximum atomic E-state index is 9.38. The number of nitrogen functional groups attached to an aromatic ring is 2. The van der Waals surface area contributed by atoms with E-state index in [1.165, 1.54) is 0 Å². The number of aryl methyl sites for hydroxylation is 1. The summed E-state index contributed by atoms with van der Waals surface area (Å²) in [5, 5.41) is 23.7. The highest BCUT2D eigenvalue weighted by atomic mass is 16.7. The van der Waals surface area contributed by atoms with Crippen molar-refractivity contribution >= 4 is 23.3 Å². The number of guanidine groups is 1. The van der Waals surface area contributed by atoms with Crippen LogP contribution in [0, 0.1) is 29.7 Å². The molecule has 0 radical (unpaired) electrons. The highest BCUT2D eigenvalue weighted by Gasteiger charge is 2.31. The lowest BCUT2D eigenvalue weighted by Crippen LogP contribution is -2.33. The summed E-state index contributed by atoms with van der Waals surface area (Å²) in [7, 11) is 0.